The van der Waals surface area contributed by atoms with E-state index in [0.29, 0.717) is 22.9 Å². The van der Waals surface area contributed by atoms with Gasteiger partial charge in [-0.25, -0.2) is 4.98 Å². The van der Waals surface area contributed by atoms with E-state index in [-0.39, 0.29) is 5.56 Å². The Morgan fingerprint density at radius 2 is 2.21 bits per heavy atom. The van der Waals surface area contributed by atoms with Crippen LogP contribution in [0.4, 0.5) is 0 Å². The third-order valence-electron chi connectivity index (χ3n) is 2.38. The summed E-state index contributed by atoms with van der Waals surface area (Å²) >= 11 is 3.05. The van der Waals surface area contributed by atoms with E-state index in [1.807, 2.05) is 6.92 Å². The topological polar surface area (TPSA) is 73.3 Å². The molecule has 0 atom stereocenters. The molecule has 19 heavy (non-hydrogen) atoms. The molecule has 0 aromatic carbocycles. The highest BCUT2D eigenvalue weighted by Gasteiger charge is 2.08. The number of hydrogen-bond donors (Lipinski definition) is 0. The number of fused-ring (bicyclic) bond motifs is 1. The summed E-state index contributed by atoms with van der Waals surface area (Å²) in [6, 6.07) is 3.22. The lowest BCUT2D eigenvalue weighted by molar-refractivity contribution is 0.344. The highest BCUT2D eigenvalue weighted by Crippen LogP contribution is 2.24. The van der Waals surface area contributed by atoms with Crippen LogP contribution >= 0.6 is 23.1 Å². The highest BCUT2D eigenvalue weighted by molar-refractivity contribution is 8.00. The summed E-state index contributed by atoms with van der Waals surface area (Å²) in [6.07, 6.45) is 0. The van der Waals surface area contributed by atoms with Crippen LogP contribution in [0.1, 0.15) is 16.5 Å². The quantitative estimate of drug-likeness (QED) is 0.688. The second-order valence-electron chi connectivity index (χ2n) is 3.96. The van der Waals surface area contributed by atoms with E-state index >= 15 is 0 Å². The Labute approximate surface area is 116 Å². The van der Waals surface area contributed by atoms with Crippen molar-refractivity contribution in [1.29, 1.82) is 0 Å². The van der Waals surface area contributed by atoms with E-state index in [1.54, 1.807) is 13.0 Å². The van der Waals surface area contributed by atoms with Crippen molar-refractivity contribution in [2.45, 2.75) is 23.9 Å². The van der Waals surface area contributed by atoms with Gasteiger partial charge in [-0.05, 0) is 13.8 Å². The van der Waals surface area contributed by atoms with Gasteiger partial charge in [0.2, 0.25) is 0 Å². The number of aryl methyl sites for hydroxylation is 2. The van der Waals surface area contributed by atoms with E-state index in [2.05, 4.69) is 15.2 Å². The molecule has 0 saturated carbocycles. The smallest absolute Gasteiger partial charge is 0.287 e. The second-order valence-corrected chi connectivity index (χ2v) is 6.36. The number of rotatable bonds is 3. The Bertz CT molecular complexity index is 789. The van der Waals surface area contributed by atoms with Crippen molar-refractivity contribution in [3.63, 3.8) is 0 Å². The molecule has 3 aromatic rings. The largest absolute Gasteiger partial charge is 0.375 e. The standard InChI is InChI=1S/C11H10N4O2S2/c1-6-3-9-12-8(4-10(16)15(9)17-6)5-18-11-14-13-7(2)19-11/h3-4H,5H2,1-2H3. The molecule has 0 radical (unpaired) electrons. The molecule has 0 unspecified atom stereocenters. The minimum Gasteiger partial charge on any atom is -0.375 e. The van der Waals surface area contributed by atoms with Crippen LogP contribution in [0.2, 0.25) is 0 Å². The summed E-state index contributed by atoms with van der Waals surface area (Å²) in [5, 5.41) is 8.89. The van der Waals surface area contributed by atoms with E-state index in [0.717, 1.165) is 9.35 Å². The highest BCUT2D eigenvalue weighted by atomic mass is 32.2. The fourth-order valence-electron chi connectivity index (χ4n) is 1.62. The summed E-state index contributed by atoms with van der Waals surface area (Å²) < 4.78 is 7.31. The molecule has 98 valence electrons. The van der Waals surface area contributed by atoms with Gasteiger partial charge in [0.15, 0.2) is 9.99 Å². The maximum Gasteiger partial charge on any atom is 0.287 e. The summed E-state index contributed by atoms with van der Waals surface area (Å²) in [7, 11) is 0. The molecule has 0 fully saturated rings. The molecule has 0 N–H and O–H groups in total. The van der Waals surface area contributed by atoms with Gasteiger partial charge in [0, 0.05) is 17.9 Å². The van der Waals surface area contributed by atoms with Crippen molar-refractivity contribution in [3.05, 3.63) is 38.9 Å². The van der Waals surface area contributed by atoms with Crippen molar-refractivity contribution in [2.24, 2.45) is 0 Å². The Morgan fingerprint density at radius 3 is 2.95 bits per heavy atom. The molecule has 0 aliphatic heterocycles. The summed E-state index contributed by atoms with van der Waals surface area (Å²) in [4.78, 5) is 16.2. The molecule has 0 aliphatic rings. The zero-order valence-electron chi connectivity index (χ0n) is 10.3. The van der Waals surface area contributed by atoms with E-state index in [9.17, 15) is 4.79 Å². The van der Waals surface area contributed by atoms with E-state index in [1.165, 1.54) is 33.7 Å². The maximum atomic E-state index is 11.8. The Morgan fingerprint density at radius 1 is 1.37 bits per heavy atom. The molecular weight excluding hydrogens is 284 g/mol. The lowest BCUT2D eigenvalue weighted by Crippen LogP contribution is -2.12. The van der Waals surface area contributed by atoms with Gasteiger partial charge in [-0.2, -0.15) is 0 Å². The molecule has 3 heterocycles. The van der Waals surface area contributed by atoms with E-state index < -0.39 is 0 Å². The fourth-order valence-corrected chi connectivity index (χ4v) is 3.33. The maximum absolute atomic E-state index is 11.8. The van der Waals surface area contributed by atoms with Gasteiger partial charge in [0.1, 0.15) is 10.8 Å². The van der Waals surface area contributed by atoms with Gasteiger partial charge in [0.25, 0.3) is 5.56 Å². The second kappa shape index (κ2) is 4.78. The van der Waals surface area contributed by atoms with Crippen molar-refractivity contribution in [1.82, 2.24) is 19.8 Å². The first-order chi connectivity index (χ1) is 9.11. The molecule has 3 aromatic heterocycles. The zero-order valence-corrected chi connectivity index (χ0v) is 11.9. The van der Waals surface area contributed by atoms with Crippen LogP contribution in [0, 0.1) is 13.8 Å². The Balaban J connectivity index is 1.87. The van der Waals surface area contributed by atoms with Crippen molar-refractivity contribution >= 4 is 28.7 Å². The predicted molar refractivity (Wildman–Crippen MR) is 72.7 cm³/mol. The van der Waals surface area contributed by atoms with Gasteiger partial charge in [-0.15, -0.1) is 14.8 Å². The monoisotopic (exact) mass is 294 g/mol. The summed E-state index contributed by atoms with van der Waals surface area (Å²) in [5.74, 6) is 1.25. The van der Waals surface area contributed by atoms with Gasteiger partial charge in [0.05, 0.1) is 5.69 Å². The van der Waals surface area contributed by atoms with Crippen LogP contribution in [0.25, 0.3) is 5.65 Å². The summed E-state index contributed by atoms with van der Waals surface area (Å²) in [5.41, 5.74) is 1.04. The van der Waals surface area contributed by atoms with Crippen LogP contribution in [0.3, 0.4) is 0 Å². The molecular formula is C11H10N4O2S2. The number of hydrogen-bond acceptors (Lipinski definition) is 7. The van der Waals surface area contributed by atoms with Crippen molar-refractivity contribution in [3.8, 4) is 0 Å². The van der Waals surface area contributed by atoms with Gasteiger partial charge in [-0.1, -0.05) is 23.1 Å². The molecule has 3 rings (SSSR count). The first-order valence-electron chi connectivity index (χ1n) is 5.54. The third kappa shape index (κ3) is 2.54. The third-order valence-corrected chi connectivity index (χ3v) is 4.38. The molecule has 0 bridgehead atoms. The molecule has 0 spiro atoms. The predicted octanol–water partition coefficient (Wildman–Crippen LogP) is 2.05. The number of nitrogens with zero attached hydrogens (tertiary/aromatic N) is 4. The van der Waals surface area contributed by atoms with Crippen LogP contribution in [-0.2, 0) is 5.75 Å². The van der Waals surface area contributed by atoms with Crippen LogP contribution in [-0.4, -0.2) is 19.8 Å². The molecule has 0 aliphatic carbocycles. The normalized spacial score (nSPS) is 11.3. The minimum atomic E-state index is -0.206. The number of thioether (sulfide) groups is 1. The molecule has 0 amide bonds. The molecule has 0 saturated heterocycles. The Hall–Kier alpha value is -1.67. The lowest BCUT2D eigenvalue weighted by atomic mass is 10.4. The average Bonchev–Trinajstić information content (AvgIpc) is 2.92. The van der Waals surface area contributed by atoms with Crippen molar-refractivity contribution in [2.75, 3.05) is 0 Å². The first-order valence-corrected chi connectivity index (χ1v) is 7.34. The van der Waals surface area contributed by atoms with E-state index in [4.69, 9.17) is 4.52 Å². The average molecular weight is 294 g/mol. The molecule has 8 heteroatoms. The van der Waals surface area contributed by atoms with Gasteiger partial charge >= 0.3 is 0 Å². The van der Waals surface area contributed by atoms with Crippen LogP contribution in [0.15, 0.2) is 25.8 Å². The van der Waals surface area contributed by atoms with Gasteiger partial charge < -0.3 is 4.52 Å². The van der Waals surface area contributed by atoms with Gasteiger partial charge in [-0.3, -0.25) is 4.79 Å². The SMILES string of the molecule is Cc1cc2nc(CSc3nnc(C)s3)cc(=O)n2o1. The minimum absolute atomic E-state index is 0.206. The lowest BCUT2D eigenvalue weighted by Gasteiger charge is -1.97. The number of aromatic nitrogens is 4. The van der Waals surface area contributed by atoms with Crippen LogP contribution in [0.5, 0.6) is 0 Å². The Kier molecular flexibility index (Phi) is 3.11. The summed E-state index contributed by atoms with van der Waals surface area (Å²) in [6.45, 7) is 3.69. The van der Waals surface area contributed by atoms with Crippen LogP contribution < -0.4 is 5.56 Å². The first kappa shape index (κ1) is 12.4. The fraction of sp³-hybridized carbons (Fsp3) is 0.273. The zero-order chi connectivity index (χ0) is 13.4. The van der Waals surface area contributed by atoms with Crippen molar-refractivity contribution < 1.29 is 4.52 Å². The molecule has 6 nitrogen and oxygen atoms in total.